The zero-order chi connectivity index (χ0) is 13.7. The Morgan fingerprint density at radius 2 is 2.05 bits per heavy atom. The number of pyridine rings is 1. The average molecular weight is 257 g/mol. The monoisotopic (exact) mass is 257 g/mol. The molecule has 0 spiro atoms. The van der Waals surface area contributed by atoms with Crippen molar-refractivity contribution in [1.29, 1.82) is 0 Å². The van der Waals surface area contributed by atoms with Gasteiger partial charge in [-0.2, -0.15) is 0 Å². The van der Waals surface area contributed by atoms with Crippen LogP contribution in [0.3, 0.4) is 0 Å². The molecule has 1 heterocycles. The fourth-order valence-corrected chi connectivity index (χ4v) is 2.15. The molecule has 1 aromatic carbocycles. The summed E-state index contributed by atoms with van der Waals surface area (Å²) >= 11 is 0. The van der Waals surface area contributed by atoms with Crippen molar-refractivity contribution >= 4 is 0 Å². The van der Waals surface area contributed by atoms with Gasteiger partial charge in [0.15, 0.2) is 0 Å². The van der Waals surface area contributed by atoms with E-state index in [0.717, 1.165) is 17.0 Å². The van der Waals surface area contributed by atoms with Gasteiger partial charge in [-0.3, -0.25) is 4.98 Å². The molecule has 0 saturated heterocycles. The SMILES string of the molecule is COc1cccc(C(C)(CO)Cc2ccccn2)c1. The Bertz CT molecular complexity index is 527. The molecule has 0 saturated carbocycles. The summed E-state index contributed by atoms with van der Waals surface area (Å²) in [5, 5.41) is 9.80. The number of aliphatic hydroxyl groups excluding tert-OH is 1. The molecule has 1 aromatic heterocycles. The minimum absolute atomic E-state index is 0.0662. The molecule has 2 rings (SSSR count). The third-order valence-electron chi connectivity index (χ3n) is 3.41. The van der Waals surface area contributed by atoms with Gasteiger partial charge >= 0.3 is 0 Å². The molecule has 1 N–H and O–H groups in total. The summed E-state index contributed by atoms with van der Waals surface area (Å²) in [6.07, 6.45) is 2.47. The molecular formula is C16H19NO2. The third-order valence-corrected chi connectivity index (χ3v) is 3.41. The molecule has 3 nitrogen and oxygen atoms in total. The van der Waals surface area contributed by atoms with Gasteiger partial charge in [0.2, 0.25) is 0 Å². The predicted octanol–water partition coefficient (Wildman–Crippen LogP) is 2.58. The van der Waals surface area contributed by atoms with Crippen molar-refractivity contribution in [3.05, 3.63) is 59.9 Å². The lowest BCUT2D eigenvalue weighted by atomic mass is 9.79. The summed E-state index contributed by atoms with van der Waals surface area (Å²) in [4.78, 5) is 4.34. The molecule has 0 bridgehead atoms. The number of aromatic nitrogens is 1. The van der Waals surface area contributed by atoms with E-state index in [9.17, 15) is 5.11 Å². The number of nitrogens with zero attached hydrogens (tertiary/aromatic N) is 1. The molecule has 0 fully saturated rings. The van der Waals surface area contributed by atoms with Crippen molar-refractivity contribution in [2.24, 2.45) is 0 Å². The molecule has 1 atom stereocenters. The molecular weight excluding hydrogens is 238 g/mol. The fraction of sp³-hybridized carbons (Fsp3) is 0.312. The molecule has 1 unspecified atom stereocenters. The Labute approximate surface area is 113 Å². The molecule has 100 valence electrons. The van der Waals surface area contributed by atoms with E-state index in [4.69, 9.17) is 4.74 Å². The molecule has 0 aliphatic carbocycles. The Kier molecular flexibility index (Phi) is 4.17. The summed E-state index contributed by atoms with van der Waals surface area (Å²) in [7, 11) is 1.65. The second-order valence-electron chi connectivity index (χ2n) is 4.95. The average Bonchev–Trinajstić information content (AvgIpc) is 2.48. The number of methoxy groups -OCH3 is 1. The molecule has 2 aromatic rings. The highest BCUT2D eigenvalue weighted by Gasteiger charge is 2.27. The van der Waals surface area contributed by atoms with Gasteiger partial charge in [-0.1, -0.05) is 25.1 Å². The van der Waals surface area contributed by atoms with Crippen LogP contribution in [-0.4, -0.2) is 23.8 Å². The van der Waals surface area contributed by atoms with E-state index in [1.54, 1.807) is 13.3 Å². The van der Waals surface area contributed by atoms with Crippen molar-refractivity contribution in [2.75, 3.05) is 13.7 Å². The van der Waals surface area contributed by atoms with Crippen LogP contribution in [0.5, 0.6) is 5.75 Å². The maximum absolute atomic E-state index is 9.80. The molecule has 0 radical (unpaired) electrons. The van der Waals surface area contributed by atoms with E-state index in [-0.39, 0.29) is 12.0 Å². The van der Waals surface area contributed by atoms with E-state index in [2.05, 4.69) is 4.98 Å². The summed E-state index contributed by atoms with van der Waals surface area (Å²) in [6, 6.07) is 13.7. The van der Waals surface area contributed by atoms with E-state index >= 15 is 0 Å². The standard InChI is InChI=1S/C16H19NO2/c1-16(12-18,11-14-7-3-4-9-17-14)13-6-5-8-15(10-13)19-2/h3-10,18H,11-12H2,1-2H3. The van der Waals surface area contributed by atoms with Gasteiger partial charge in [0.05, 0.1) is 13.7 Å². The first-order valence-electron chi connectivity index (χ1n) is 6.33. The summed E-state index contributed by atoms with van der Waals surface area (Å²) in [5.41, 5.74) is 1.67. The number of hydrogen-bond donors (Lipinski definition) is 1. The molecule has 0 aliphatic rings. The maximum atomic E-state index is 9.80. The van der Waals surface area contributed by atoms with Crippen molar-refractivity contribution in [3.63, 3.8) is 0 Å². The number of ether oxygens (including phenoxy) is 1. The summed E-state index contributed by atoms with van der Waals surface area (Å²) < 4.78 is 5.25. The second kappa shape index (κ2) is 5.85. The Morgan fingerprint density at radius 3 is 2.68 bits per heavy atom. The van der Waals surface area contributed by atoms with E-state index in [1.807, 2.05) is 49.4 Å². The Hall–Kier alpha value is -1.87. The Balaban J connectivity index is 2.30. The number of aliphatic hydroxyl groups is 1. The number of rotatable bonds is 5. The predicted molar refractivity (Wildman–Crippen MR) is 75.4 cm³/mol. The van der Waals surface area contributed by atoms with Crippen molar-refractivity contribution < 1.29 is 9.84 Å². The maximum Gasteiger partial charge on any atom is 0.119 e. The van der Waals surface area contributed by atoms with Crippen LogP contribution < -0.4 is 4.74 Å². The molecule has 19 heavy (non-hydrogen) atoms. The first-order chi connectivity index (χ1) is 9.18. The zero-order valence-corrected chi connectivity index (χ0v) is 11.3. The van der Waals surface area contributed by atoms with Crippen LogP contribution in [0.25, 0.3) is 0 Å². The fourth-order valence-electron chi connectivity index (χ4n) is 2.15. The van der Waals surface area contributed by atoms with Crippen LogP contribution in [0.2, 0.25) is 0 Å². The van der Waals surface area contributed by atoms with E-state index in [0.29, 0.717) is 6.42 Å². The van der Waals surface area contributed by atoms with Gasteiger partial charge < -0.3 is 9.84 Å². The summed E-state index contributed by atoms with van der Waals surface area (Å²) in [5.74, 6) is 0.804. The van der Waals surface area contributed by atoms with Gasteiger partial charge in [-0.25, -0.2) is 0 Å². The first kappa shape index (κ1) is 13.6. The van der Waals surface area contributed by atoms with Crippen molar-refractivity contribution in [1.82, 2.24) is 4.98 Å². The second-order valence-corrected chi connectivity index (χ2v) is 4.95. The highest BCUT2D eigenvalue weighted by atomic mass is 16.5. The van der Waals surface area contributed by atoms with Crippen LogP contribution in [0, 0.1) is 0 Å². The lowest BCUT2D eigenvalue weighted by Gasteiger charge is -2.28. The molecule has 0 aliphatic heterocycles. The van der Waals surface area contributed by atoms with Gasteiger partial charge in [0.25, 0.3) is 0 Å². The third kappa shape index (κ3) is 3.12. The number of benzene rings is 1. The Morgan fingerprint density at radius 1 is 1.21 bits per heavy atom. The minimum atomic E-state index is -0.358. The first-order valence-corrected chi connectivity index (χ1v) is 6.33. The van der Waals surface area contributed by atoms with Crippen molar-refractivity contribution in [3.8, 4) is 5.75 Å². The normalized spacial score (nSPS) is 13.8. The quantitative estimate of drug-likeness (QED) is 0.895. The summed E-state index contributed by atoms with van der Waals surface area (Å²) in [6.45, 7) is 2.10. The number of hydrogen-bond acceptors (Lipinski definition) is 3. The van der Waals surface area contributed by atoms with E-state index in [1.165, 1.54) is 0 Å². The van der Waals surface area contributed by atoms with Crippen LogP contribution in [0.15, 0.2) is 48.7 Å². The smallest absolute Gasteiger partial charge is 0.119 e. The van der Waals surface area contributed by atoms with Gasteiger partial charge in [-0.15, -0.1) is 0 Å². The highest BCUT2D eigenvalue weighted by Crippen LogP contribution is 2.29. The van der Waals surface area contributed by atoms with Crippen LogP contribution in [-0.2, 0) is 11.8 Å². The highest BCUT2D eigenvalue weighted by molar-refractivity contribution is 5.34. The lowest BCUT2D eigenvalue weighted by Crippen LogP contribution is -2.29. The van der Waals surface area contributed by atoms with Gasteiger partial charge in [0.1, 0.15) is 5.75 Å². The topological polar surface area (TPSA) is 42.4 Å². The van der Waals surface area contributed by atoms with Crippen LogP contribution in [0.4, 0.5) is 0 Å². The van der Waals surface area contributed by atoms with Crippen molar-refractivity contribution in [2.45, 2.75) is 18.8 Å². The lowest BCUT2D eigenvalue weighted by molar-refractivity contribution is 0.203. The van der Waals surface area contributed by atoms with Crippen LogP contribution >= 0.6 is 0 Å². The minimum Gasteiger partial charge on any atom is -0.497 e. The molecule has 3 heteroatoms. The molecule has 0 amide bonds. The zero-order valence-electron chi connectivity index (χ0n) is 11.3. The van der Waals surface area contributed by atoms with Crippen LogP contribution in [0.1, 0.15) is 18.2 Å². The largest absolute Gasteiger partial charge is 0.497 e. The van der Waals surface area contributed by atoms with Gasteiger partial charge in [0, 0.05) is 23.7 Å². The van der Waals surface area contributed by atoms with E-state index < -0.39 is 0 Å². The van der Waals surface area contributed by atoms with Gasteiger partial charge in [-0.05, 0) is 29.8 Å².